The zero-order chi connectivity index (χ0) is 18.0. The second-order valence-corrected chi connectivity index (χ2v) is 6.43. The van der Waals surface area contributed by atoms with Gasteiger partial charge in [-0.2, -0.15) is 0 Å². The van der Waals surface area contributed by atoms with Gasteiger partial charge in [0.25, 0.3) is 0 Å². The molecule has 25 heavy (non-hydrogen) atoms. The fourth-order valence-corrected chi connectivity index (χ4v) is 3.02. The standard InChI is InChI=1S/C19H19ClF2N2O/c1-3-24(2)11-23-18-8-12-4-5-25-19(16(12)10-17(18)20)13-6-14(21)9-15(22)7-13/h6-11,19H,3-5H2,1-2H3. The molecule has 0 N–H and O–H groups in total. The maximum atomic E-state index is 13.6. The Bertz CT molecular complexity index is 790. The van der Waals surface area contributed by atoms with Gasteiger partial charge < -0.3 is 9.64 Å². The van der Waals surface area contributed by atoms with Crippen molar-refractivity contribution in [2.75, 3.05) is 20.2 Å². The van der Waals surface area contributed by atoms with Crippen LogP contribution in [0.25, 0.3) is 0 Å². The topological polar surface area (TPSA) is 24.8 Å². The third kappa shape index (κ3) is 3.99. The highest BCUT2D eigenvalue weighted by Crippen LogP contribution is 2.38. The Hall–Kier alpha value is -1.98. The summed E-state index contributed by atoms with van der Waals surface area (Å²) >= 11 is 6.37. The molecule has 0 spiro atoms. The predicted octanol–water partition coefficient (Wildman–Crippen LogP) is 4.89. The van der Waals surface area contributed by atoms with E-state index < -0.39 is 17.7 Å². The summed E-state index contributed by atoms with van der Waals surface area (Å²) in [4.78, 5) is 6.36. The summed E-state index contributed by atoms with van der Waals surface area (Å²) in [7, 11) is 1.93. The Morgan fingerprint density at radius 1 is 1.24 bits per heavy atom. The van der Waals surface area contributed by atoms with Crippen molar-refractivity contribution in [3.63, 3.8) is 0 Å². The molecule has 0 aliphatic carbocycles. The van der Waals surface area contributed by atoms with Crippen LogP contribution in [0.2, 0.25) is 5.02 Å². The molecule has 2 aromatic rings. The molecule has 1 atom stereocenters. The van der Waals surface area contributed by atoms with E-state index in [-0.39, 0.29) is 0 Å². The van der Waals surface area contributed by atoms with Crippen molar-refractivity contribution >= 4 is 23.6 Å². The van der Waals surface area contributed by atoms with Gasteiger partial charge in [-0.3, -0.25) is 0 Å². The van der Waals surface area contributed by atoms with Gasteiger partial charge in [-0.25, -0.2) is 13.8 Å². The number of ether oxygens (including phenoxy) is 1. The lowest BCUT2D eigenvalue weighted by molar-refractivity contribution is 0.0694. The summed E-state index contributed by atoms with van der Waals surface area (Å²) in [5.74, 6) is -1.25. The van der Waals surface area contributed by atoms with E-state index in [2.05, 4.69) is 4.99 Å². The van der Waals surface area contributed by atoms with Crippen molar-refractivity contribution in [1.29, 1.82) is 0 Å². The zero-order valence-electron chi connectivity index (χ0n) is 14.1. The molecular weight excluding hydrogens is 346 g/mol. The summed E-state index contributed by atoms with van der Waals surface area (Å²) < 4.78 is 32.9. The van der Waals surface area contributed by atoms with E-state index in [9.17, 15) is 8.78 Å². The SMILES string of the molecule is CCN(C)C=Nc1cc2c(cc1Cl)C(c1cc(F)cc(F)c1)OCC2. The van der Waals surface area contributed by atoms with E-state index in [4.69, 9.17) is 16.3 Å². The first kappa shape index (κ1) is 17.8. The van der Waals surface area contributed by atoms with Crippen molar-refractivity contribution in [3.8, 4) is 0 Å². The average Bonchev–Trinajstić information content (AvgIpc) is 2.58. The zero-order valence-corrected chi connectivity index (χ0v) is 14.9. The van der Waals surface area contributed by atoms with Crippen molar-refractivity contribution in [3.05, 3.63) is 63.7 Å². The first-order valence-corrected chi connectivity index (χ1v) is 8.50. The Kier molecular flexibility index (Phi) is 5.35. The molecule has 1 unspecified atom stereocenters. The first-order chi connectivity index (χ1) is 12.0. The third-order valence-corrected chi connectivity index (χ3v) is 4.53. The molecular formula is C19H19ClF2N2O. The van der Waals surface area contributed by atoms with E-state index in [1.165, 1.54) is 12.1 Å². The lowest BCUT2D eigenvalue weighted by atomic mass is 9.92. The van der Waals surface area contributed by atoms with Crippen LogP contribution in [0, 0.1) is 11.6 Å². The van der Waals surface area contributed by atoms with Gasteiger partial charge in [0.05, 0.1) is 23.7 Å². The third-order valence-electron chi connectivity index (χ3n) is 4.23. The summed E-state index contributed by atoms with van der Waals surface area (Å²) in [6, 6.07) is 7.13. The van der Waals surface area contributed by atoms with E-state index in [1.54, 1.807) is 12.4 Å². The molecule has 1 aliphatic rings. The highest BCUT2D eigenvalue weighted by molar-refractivity contribution is 6.33. The molecule has 132 valence electrons. The molecule has 0 fully saturated rings. The number of halogens is 3. The number of benzene rings is 2. The van der Waals surface area contributed by atoms with Crippen molar-refractivity contribution < 1.29 is 13.5 Å². The van der Waals surface area contributed by atoms with Gasteiger partial charge in [0.1, 0.15) is 17.7 Å². The minimum Gasteiger partial charge on any atom is -0.368 e. The molecule has 3 nitrogen and oxygen atoms in total. The van der Waals surface area contributed by atoms with Crippen LogP contribution < -0.4 is 0 Å². The lowest BCUT2D eigenvalue weighted by Gasteiger charge is -2.27. The smallest absolute Gasteiger partial charge is 0.126 e. The molecule has 0 bridgehead atoms. The predicted molar refractivity (Wildman–Crippen MR) is 95.8 cm³/mol. The van der Waals surface area contributed by atoms with Crippen LogP contribution >= 0.6 is 11.6 Å². The van der Waals surface area contributed by atoms with E-state index >= 15 is 0 Å². The number of hydrogen-bond donors (Lipinski definition) is 0. The second-order valence-electron chi connectivity index (χ2n) is 6.02. The molecule has 1 heterocycles. The normalized spacial score (nSPS) is 16.9. The Morgan fingerprint density at radius 3 is 2.64 bits per heavy atom. The van der Waals surface area contributed by atoms with Crippen LogP contribution in [0.3, 0.4) is 0 Å². The average molecular weight is 365 g/mol. The van der Waals surface area contributed by atoms with Crippen LogP contribution in [-0.2, 0) is 11.2 Å². The van der Waals surface area contributed by atoms with Gasteiger partial charge in [0.15, 0.2) is 0 Å². The number of hydrogen-bond acceptors (Lipinski definition) is 2. The van der Waals surface area contributed by atoms with Gasteiger partial charge in [0, 0.05) is 19.7 Å². The first-order valence-electron chi connectivity index (χ1n) is 8.12. The second kappa shape index (κ2) is 7.50. The van der Waals surface area contributed by atoms with Crippen molar-refractivity contribution in [2.24, 2.45) is 4.99 Å². The molecule has 2 aromatic carbocycles. The molecule has 0 saturated carbocycles. The summed E-state index contributed by atoms with van der Waals surface area (Å²) in [6.07, 6.45) is 1.89. The summed E-state index contributed by atoms with van der Waals surface area (Å²) in [5, 5.41) is 0.479. The fraction of sp³-hybridized carbons (Fsp3) is 0.316. The summed E-state index contributed by atoms with van der Waals surface area (Å²) in [5.41, 5.74) is 2.96. The maximum absolute atomic E-state index is 13.6. The maximum Gasteiger partial charge on any atom is 0.126 e. The molecule has 6 heteroatoms. The number of nitrogens with zero attached hydrogens (tertiary/aromatic N) is 2. The van der Waals surface area contributed by atoms with Gasteiger partial charge in [-0.05, 0) is 54.3 Å². The molecule has 1 aliphatic heterocycles. The van der Waals surface area contributed by atoms with Crippen molar-refractivity contribution in [2.45, 2.75) is 19.4 Å². The monoisotopic (exact) mass is 364 g/mol. The highest BCUT2D eigenvalue weighted by Gasteiger charge is 2.25. The molecule has 0 radical (unpaired) electrons. The Morgan fingerprint density at radius 2 is 1.96 bits per heavy atom. The van der Waals surface area contributed by atoms with Crippen LogP contribution in [0.15, 0.2) is 35.3 Å². The van der Waals surface area contributed by atoms with Gasteiger partial charge in [-0.15, -0.1) is 0 Å². The van der Waals surface area contributed by atoms with Crippen LogP contribution in [-0.4, -0.2) is 31.4 Å². The Balaban J connectivity index is 1.99. The largest absolute Gasteiger partial charge is 0.368 e. The fourth-order valence-electron chi connectivity index (χ4n) is 2.80. The van der Waals surface area contributed by atoms with Crippen LogP contribution in [0.4, 0.5) is 14.5 Å². The van der Waals surface area contributed by atoms with Gasteiger partial charge in [0.2, 0.25) is 0 Å². The lowest BCUT2D eigenvalue weighted by Crippen LogP contribution is -2.18. The quantitative estimate of drug-likeness (QED) is 0.570. The number of fused-ring (bicyclic) bond motifs is 1. The van der Waals surface area contributed by atoms with Crippen molar-refractivity contribution in [1.82, 2.24) is 4.90 Å². The minimum absolute atomic E-state index is 0.441. The molecule has 3 rings (SSSR count). The van der Waals surface area contributed by atoms with Crippen LogP contribution in [0.1, 0.15) is 29.7 Å². The van der Waals surface area contributed by atoms with Gasteiger partial charge >= 0.3 is 0 Å². The molecule has 0 saturated heterocycles. The number of rotatable bonds is 4. The molecule has 0 aromatic heterocycles. The van der Waals surface area contributed by atoms with E-state index in [0.717, 1.165) is 23.7 Å². The minimum atomic E-state index is -0.624. The number of aliphatic imine (C=N–C) groups is 1. The molecule has 0 amide bonds. The Labute approximate surface area is 150 Å². The van der Waals surface area contributed by atoms with E-state index in [0.29, 0.717) is 29.3 Å². The van der Waals surface area contributed by atoms with Gasteiger partial charge in [-0.1, -0.05) is 11.6 Å². The highest BCUT2D eigenvalue weighted by atomic mass is 35.5. The van der Waals surface area contributed by atoms with E-state index in [1.807, 2.05) is 24.9 Å². The van der Waals surface area contributed by atoms with Crippen LogP contribution in [0.5, 0.6) is 0 Å². The summed E-state index contributed by atoms with van der Waals surface area (Å²) in [6.45, 7) is 3.34.